The van der Waals surface area contributed by atoms with E-state index in [0.717, 1.165) is 32.6 Å². The molecule has 0 radical (unpaired) electrons. The van der Waals surface area contributed by atoms with E-state index < -0.39 is 0 Å². The number of hydrogen-bond donors (Lipinski definition) is 1. The van der Waals surface area contributed by atoms with Crippen LogP contribution in [0.25, 0.3) is 0 Å². The zero-order valence-electron chi connectivity index (χ0n) is 12.7. The minimum Gasteiger partial charge on any atom is -0.348 e. The van der Waals surface area contributed by atoms with E-state index in [2.05, 4.69) is 10.2 Å². The maximum atomic E-state index is 5.79. The molecule has 4 nitrogen and oxygen atoms in total. The molecule has 2 heterocycles. The number of ether oxygens (including phenoxy) is 2. The molecule has 3 rings (SSSR count). The molecule has 1 spiro atoms. The molecule has 1 N–H and O–H groups in total. The second kappa shape index (κ2) is 7.21. The van der Waals surface area contributed by atoms with Crippen LogP contribution in [0.1, 0.15) is 51.4 Å². The van der Waals surface area contributed by atoms with Crippen LogP contribution in [0.5, 0.6) is 0 Å². The number of hydrogen-bond acceptors (Lipinski definition) is 4. The Labute approximate surface area is 123 Å². The van der Waals surface area contributed by atoms with Crippen molar-refractivity contribution in [3.8, 4) is 0 Å². The lowest BCUT2D eigenvalue weighted by Crippen LogP contribution is -2.44. The van der Waals surface area contributed by atoms with Gasteiger partial charge in [-0.15, -0.1) is 0 Å². The first-order valence-corrected chi connectivity index (χ1v) is 8.60. The molecule has 0 unspecified atom stereocenters. The molecular formula is C16H30N2O2. The van der Waals surface area contributed by atoms with Gasteiger partial charge >= 0.3 is 0 Å². The average Bonchev–Trinajstić information content (AvgIpc) is 2.76. The molecule has 3 aliphatic rings. The zero-order chi connectivity index (χ0) is 13.7. The van der Waals surface area contributed by atoms with Crippen molar-refractivity contribution >= 4 is 0 Å². The molecule has 1 saturated carbocycles. The summed E-state index contributed by atoms with van der Waals surface area (Å²) in [5, 5.41) is 3.74. The molecule has 116 valence electrons. The quantitative estimate of drug-likeness (QED) is 0.856. The van der Waals surface area contributed by atoms with Crippen molar-refractivity contribution in [2.24, 2.45) is 0 Å². The van der Waals surface area contributed by atoms with E-state index in [9.17, 15) is 0 Å². The number of likely N-dealkylation sites (tertiary alicyclic amines) is 1. The molecule has 4 heteroatoms. The summed E-state index contributed by atoms with van der Waals surface area (Å²) < 4.78 is 11.6. The average molecular weight is 282 g/mol. The largest absolute Gasteiger partial charge is 0.348 e. The van der Waals surface area contributed by atoms with Crippen LogP contribution in [0.15, 0.2) is 0 Å². The highest BCUT2D eigenvalue weighted by atomic mass is 16.7. The third-order valence-corrected chi connectivity index (χ3v) is 5.12. The van der Waals surface area contributed by atoms with Crippen LogP contribution >= 0.6 is 0 Å². The predicted octanol–water partition coefficient (Wildman–Crippen LogP) is 2.14. The van der Waals surface area contributed by atoms with E-state index >= 15 is 0 Å². The van der Waals surface area contributed by atoms with Crippen molar-refractivity contribution in [3.63, 3.8) is 0 Å². The number of rotatable bonds is 4. The van der Waals surface area contributed by atoms with E-state index in [4.69, 9.17) is 9.47 Å². The molecule has 0 amide bonds. The Morgan fingerprint density at radius 1 is 0.950 bits per heavy atom. The maximum absolute atomic E-state index is 5.79. The topological polar surface area (TPSA) is 33.7 Å². The molecule has 2 saturated heterocycles. The molecule has 0 aromatic rings. The van der Waals surface area contributed by atoms with Crippen LogP contribution in [-0.4, -0.2) is 56.1 Å². The van der Waals surface area contributed by atoms with Crippen LogP contribution in [-0.2, 0) is 9.47 Å². The smallest absolute Gasteiger partial charge is 0.168 e. The van der Waals surface area contributed by atoms with Gasteiger partial charge in [0.25, 0.3) is 0 Å². The summed E-state index contributed by atoms with van der Waals surface area (Å²) in [5.41, 5.74) is 0. The van der Waals surface area contributed by atoms with Gasteiger partial charge in [0.15, 0.2) is 5.79 Å². The minimum atomic E-state index is -0.205. The molecular weight excluding hydrogens is 252 g/mol. The highest BCUT2D eigenvalue weighted by molar-refractivity contribution is 4.85. The molecule has 0 aromatic heterocycles. The predicted molar refractivity (Wildman–Crippen MR) is 79.8 cm³/mol. The van der Waals surface area contributed by atoms with E-state index in [1.807, 2.05) is 0 Å². The Kier molecular flexibility index (Phi) is 5.32. The summed E-state index contributed by atoms with van der Waals surface area (Å²) in [6, 6.07) is 0.667. The van der Waals surface area contributed by atoms with Gasteiger partial charge in [-0.3, -0.25) is 0 Å². The van der Waals surface area contributed by atoms with Crippen molar-refractivity contribution in [3.05, 3.63) is 0 Å². The van der Waals surface area contributed by atoms with Gasteiger partial charge in [-0.05, 0) is 38.8 Å². The SMILES string of the molecule is C1CCCN(CCNC2CCC3(CC2)OCCO3)CC1. The summed E-state index contributed by atoms with van der Waals surface area (Å²) in [6.45, 7) is 6.53. The van der Waals surface area contributed by atoms with Crippen molar-refractivity contribution < 1.29 is 9.47 Å². The Morgan fingerprint density at radius 3 is 2.25 bits per heavy atom. The van der Waals surface area contributed by atoms with Crippen molar-refractivity contribution in [2.45, 2.75) is 63.2 Å². The molecule has 0 atom stereocenters. The minimum absolute atomic E-state index is 0.205. The van der Waals surface area contributed by atoms with Crippen LogP contribution in [0.4, 0.5) is 0 Å². The summed E-state index contributed by atoms with van der Waals surface area (Å²) >= 11 is 0. The molecule has 0 bridgehead atoms. The summed E-state index contributed by atoms with van der Waals surface area (Å²) in [4.78, 5) is 2.63. The van der Waals surface area contributed by atoms with Gasteiger partial charge in [-0.1, -0.05) is 12.8 Å². The second-order valence-corrected chi connectivity index (χ2v) is 6.59. The first kappa shape index (κ1) is 14.8. The van der Waals surface area contributed by atoms with Crippen LogP contribution in [0.3, 0.4) is 0 Å². The van der Waals surface area contributed by atoms with Crippen molar-refractivity contribution in [2.75, 3.05) is 39.4 Å². The van der Waals surface area contributed by atoms with E-state index in [1.54, 1.807) is 0 Å². The Hall–Kier alpha value is -0.160. The standard InChI is InChI=1S/C16H30N2O2/c1-2-4-11-18(10-3-1)12-9-17-15-5-7-16(8-6-15)19-13-14-20-16/h15,17H,1-14H2. The summed E-state index contributed by atoms with van der Waals surface area (Å²) in [7, 11) is 0. The Morgan fingerprint density at radius 2 is 1.60 bits per heavy atom. The van der Waals surface area contributed by atoms with E-state index in [1.165, 1.54) is 58.2 Å². The van der Waals surface area contributed by atoms with Gasteiger partial charge in [0.1, 0.15) is 0 Å². The van der Waals surface area contributed by atoms with Gasteiger partial charge in [0.05, 0.1) is 13.2 Å². The first-order valence-electron chi connectivity index (χ1n) is 8.60. The molecule has 3 fully saturated rings. The highest BCUT2D eigenvalue weighted by Crippen LogP contribution is 2.35. The Bertz CT molecular complexity index is 274. The van der Waals surface area contributed by atoms with Gasteiger partial charge in [-0.25, -0.2) is 0 Å². The lowest BCUT2D eigenvalue weighted by Gasteiger charge is -2.36. The summed E-state index contributed by atoms with van der Waals surface area (Å²) in [6.07, 6.45) is 10.1. The molecule has 20 heavy (non-hydrogen) atoms. The van der Waals surface area contributed by atoms with E-state index in [0.29, 0.717) is 6.04 Å². The Balaban J connectivity index is 1.31. The zero-order valence-corrected chi connectivity index (χ0v) is 12.7. The van der Waals surface area contributed by atoms with Crippen molar-refractivity contribution in [1.82, 2.24) is 10.2 Å². The number of nitrogens with zero attached hydrogens (tertiary/aromatic N) is 1. The summed E-state index contributed by atoms with van der Waals surface area (Å²) in [5.74, 6) is -0.205. The normalized spacial score (nSPS) is 28.8. The van der Waals surface area contributed by atoms with Gasteiger partial charge in [0.2, 0.25) is 0 Å². The van der Waals surface area contributed by atoms with Crippen LogP contribution < -0.4 is 5.32 Å². The molecule has 2 aliphatic heterocycles. The molecule has 1 aliphatic carbocycles. The van der Waals surface area contributed by atoms with Crippen LogP contribution in [0, 0.1) is 0 Å². The van der Waals surface area contributed by atoms with E-state index in [-0.39, 0.29) is 5.79 Å². The van der Waals surface area contributed by atoms with Gasteiger partial charge in [0, 0.05) is 32.0 Å². The first-order chi connectivity index (χ1) is 9.86. The lowest BCUT2D eigenvalue weighted by molar-refractivity contribution is -0.179. The van der Waals surface area contributed by atoms with Crippen LogP contribution in [0.2, 0.25) is 0 Å². The fraction of sp³-hybridized carbons (Fsp3) is 1.00. The fourth-order valence-electron chi connectivity index (χ4n) is 3.83. The van der Waals surface area contributed by atoms with Gasteiger partial charge in [-0.2, -0.15) is 0 Å². The number of nitrogens with one attached hydrogen (secondary N) is 1. The fourth-order valence-corrected chi connectivity index (χ4v) is 3.83. The molecule has 0 aromatic carbocycles. The highest BCUT2D eigenvalue weighted by Gasteiger charge is 2.40. The third kappa shape index (κ3) is 3.94. The van der Waals surface area contributed by atoms with Crippen molar-refractivity contribution in [1.29, 1.82) is 0 Å². The lowest BCUT2D eigenvalue weighted by atomic mass is 9.90. The maximum Gasteiger partial charge on any atom is 0.168 e. The van der Waals surface area contributed by atoms with Gasteiger partial charge < -0.3 is 19.7 Å². The monoisotopic (exact) mass is 282 g/mol. The third-order valence-electron chi connectivity index (χ3n) is 5.12. The second-order valence-electron chi connectivity index (χ2n) is 6.59.